The Kier molecular flexibility index (Phi) is 8.01. The molecule has 4 amide bonds. The average molecular weight is 514 g/mol. The van der Waals surface area contributed by atoms with Crippen LogP contribution in [0.3, 0.4) is 0 Å². The lowest BCUT2D eigenvalue weighted by atomic mass is 9.85. The number of piperidine rings is 1. The molecule has 2 fully saturated rings. The van der Waals surface area contributed by atoms with Crippen molar-refractivity contribution in [2.24, 2.45) is 0 Å². The summed E-state index contributed by atoms with van der Waals surface area (Å²) in [6.07, 6.45) is 0.926. The quantitative estimate of drug-likeness (QED) is 0.555. The van der Waals surface area contributed by atoms with Gasteiger partial charge in [-0.25, -0.2) is 4.79 Å². The van der Waals surface area contributed by atoms with Gasteiger partial charge >= 0.3 is 6.03 Å². The highest BCUT2D eigenvalue weighted by Crippen LogP contribution is 2.39. The average Bonchev–Trinajstić information content (AvgIpc) is 3.13. The fourth-order valence-electron chi connectivity index (χ4n) is 4.80. The largest absolute Gasteiger partial charge is 0.383 e. The van der Waals surface area contributed by atoms with Crippen LogP contribution in [0.2, 0.25) is 5.02 Å². The van der Waals surface area contributed by atoms with Crippen molar-refractivity contribution in [2.75, 3.05) is 56.8 Å². The van der Waals surface area contributed by atoms with Crippen molar-refractivity contribution >= 4 is 40.8 Å². The van der Waals surface area contributed by atoms with Gasteiger partial charge in [0.05, 0.1) is 13.3 Å². The van der Waals surface area contributed by atoms with Gasteiger partial charge in [-0.2, -0.15) is 0 Å². The Balaban J connectivity index is 1.46. The molecule has 0 saturated carbocycles. The first-order valence-electron chi connectivity index (χ1n) is 12.0. The number of para-hydroxylation sites is 1. The molecule has 0 radical (unpaired) electrons. The van der Waals surface area contributed by atoms with Gasteiger partial charge in [-0.05, 0) is 49.6 Å². The van der Waals surface area contributed by atoms with Gasteiger partial charge in [-0.1, -0.05) is 35.9 Å². The number of anilines is 2. The number of carbonyl (C=O) groups excluding carboxylic acids is 3. The zero-order valence-corrected chi connectivity index (χ0v) is 21.4. The Morgan fingerprint density at radius 3 is 2.50 bits per heavy atom. The molecule has 2 aliphatic heterocycles. The molecule has 36 heavy (non-hydrogen) atoms. The van der Waals surface area contributed by atoms with Crippen LogP contribution in [0.4, 0.5) is 16.2 Å². The minimum atomic E-state index is -0.807. The summed E-state index contributed by atoms with van der Waals surface area (Å²) in [6, 6.07) is 14.9. The number of nitrogens with one attached hydrogen (secondary N) is 2. The molecule has 9 nitrogen and oxygen atoms in total. The molecule has 2 aromatic carbocycles. The van der Waals surface area contributed by atoms with E-state index in [1.54, 1.807) is 23.0 Å². The van der Waals surface area contributed by atoms with Crippen molar-refractivity contribution in [2.45, 2.75) is 25.3 Å². The molecular formula is C26H32ClN5O4. The summed E-state index contributed by atoms with van der Waals surface area (Å²) in [4.78, 5) is 44.5. The van der Waals surface area contributed by atoms with E-state index in [4.69, 9.17) is 16.3 Å². The summed E-state index contributed by atoms with van der Waals surface area (Å²) < 4.78 is 4.98. The smallest absolute Gasteiger partial charge is 0.321 e. The second kappa shape index (κ2) is 11.2. The van der Waals surface area contributed by atoms with Crippen molar-refractivity contribution in [3.05, 3.63) is 59.1 Å². The fourth-order valence-corrected chi connectivity index (χ4v) is 4.98. The van der Waals surface area contributed by atoms with Crippen LogP contribution in [0.5, 0.6) is 0 Å². The number of aryl methyl sites for hydroxylation is 1. The summed E-state index contributed by atoms with van der Waals surface area (Å²) in [7, 11) is 1.57. The Morgan fingerprint density at radius 1 is 1.11 bits per heavy atom. The van der Waals surface area contributed by atoms with Gasteiger partial charge in [0, 0.05) is 43.1 Å². The van der Waals surface area contributed by atoms with Crippen LogP contribution in [0.25, 0.3) is 0 Å². The second-order valence-corrected chi connectivity index (χ2v) is 9.57. The highest BCUT2D eigenvalue weighted by atomic mass is 35.5. The topological polar surface area (TPSA) is 94.2 Å². The SMILES string of the molecule is COCCNC(=O)CN1CN(c2ccccc2)C2(CCN(C(=O)Nc3ccc(C)c(Cl)c3)CC2)C1=O. The molecule has 2 aromatic rings. The Labute approximate surface area is 216 Å². The first kappa shape index (κ1) is 25.8. The number of amides is 4. The van der Waals surface area contributed by atoms with Crippen molar-refractivity contribution in [3.8, 4) is 0 Å². The van der Waals surface area contributed by atoms with Gasteiger partial charge in [0.15, 0.2) is 0 Å². The number of ether oxygens (including phenoxy) is 1. The first-order chi connectivity index (χ1) is 17.3. The standard InChI is InChI=1S/C26H32ClN5O4/c1-19-8-9-20(16-22(19)27)29-25(35)30-13-10-26(11-14-30)24(34)31(17-23(33)28-12-15-36-2)18-32(26)21-6-4-3-5-7-21/h3-9,16H,10-15,17-18H2,1-2H3,(H,28,33)(H,29,35). The van der Waals surface area contributed by atoms with Crippen molar-refractivity contribution in [1.82, 2.24) is 15.1 Å². The second-order valence-electron chi connectivity index (χ2n) is 9.16. The van der Waals surface area contributed by atoms with Gasteiger partial charge in [0.2, 0.25) is 5.91 Å². The van der Waals surface area contributed by atoms with E-state index < -0.39 is 5.54 Å². The van der Waals surface area contributed by atoms with Gasteiger partial charge in [0.25, 0.3) is 5.91 Å². The van der Waals surface area contributed by atoms with Crippen LogP contribution in [0.15, 0.2) is 48.5 Å². The summed E-state index contributed by atoms with van der Waals surface area (Å²) in [5.41, 5.74) is 1.68. The zero-order chi connectivity index (χ0) is 25.7. The first-order valence-corrected chi connectivity index (χ1v) is 12.4. The van der Waals surface area contributed by atoms with Crippen molar-refractivity contribution < 1.29 is 19.1 Å². The van der Waals surface area contributed by atoms with Crippen LogP contribution in [-0.4, -0.2) is 79.7 Å². The van der Waals surface area contributed by atoms with E-state index in [0.717, 1.165) is 11.3 Å². The molecule has 1 spiro atoms. The molecule has 2 heterocycles. The number of rotatable bonds is 7. The van der Waals surface area contributed by atoms with E-state index >= 15 is 0 Å². The van der Waals surface area contributed by atoms with Crippen molar-refractivity contribution in [3.63, 3.8) is 0 Å². The lowest BCUT2D eigenvalue weighted by Crippen LogP contribution is -2.58. The number of likely N-dealkylation sites (tertiary alicyclic amines) is 1. The molecule has 2 N–H and O–H groups in total. The molecule has 0 atom stereocenters. The third-order valence-corrected chi connectivity index (χ3v) is 7.25. The number of hydrogen-bond donors (Lipinski definition) is 2. The minimum absolute atomic E-state index is 0.0218. The maximum absolute atomic E-state index is 13.7. The van der Waals surface area contributed by atoms with Crippen LogP contribution >= 0.6 is 11.6 Å². The summed E-state index contributed by atoms with van der Waals surface area (Å²) in [6.45, 7) is 3.82. The minimum Gasteiger partial charge on any atom is -0.383 e. The highest BCUT2D eigenvalue weighted by Gasteiger charge is 2.54. The monoisotopic (exact) mass is 513 g/mol. The highest BCUT2D eigenvalue weighted by molar-refractivity contribution is 6.31. The Hall–Kier alpha value is -3.30. The maximum Gasteiger partial charge on any atom is 0.321 e. The molecule has 0 unspecified atom stereocenters. The number of carbonyl (C=O) groups is 3. The molecule has 192 valence electrons. The lowest BCUT2D eigenvalue weighted by Gasteiger charge is -2.43. The van der Waals surface area contributed by atoms with Crippen LogP contribution in [0.1, 0.15) is 18.4 Å². The van der Waals surface area contributed by atoms with Gasteiger partial charge in [-0.15, -0.1) is 0 Å². The van der Waals surface area contributed by atoms with Gasteiger partial charge < -0.3 is 30.1 Å². The van der Waals surface area contributed by atoms with Crippen LogP contribution < -0.4 is 15.5 Å². The van der Waals surface area contributed by atoms with Gasteiger partial charge in [-0.3, -0.25) is 9.59 Å². The number of methoxy groups -OCH3 is 1. The predicted octanol–water partition coefficient (Wildman–Crippen LogP) is 3.08. The van der Waals surface area contributed by atoms with Crippen LogP contribution in [0, 0.1) is 6.92 Å². The number of nitrogens with zero attached hydrogens (tertiary/aromatic N) is 3. The van der Waals surface area contributed by atoms with E-state index in [1.165, 1.54) is 0 Å². The number of benzene rings is 2. The molecule has 10 heteroatoms. The lowest BCUT2D eigenvalue weighted by molar-refractivity contribution is -0.137. The third kappa shape index (κ3) is 5.42. The number of urea groups is 1. The molecular weight excluding hydrogens is 482 g/mol. The number of hydrogen-bond acceptors (Lipinski definition) is 5. The summed E-state index contributed by atoms with van der Waals surface area (Å²) in [5.74, 6) is -0.308. The van der Waals surface area contributed by atoms with E-state index in [-0.39, 0.29) is 24.4 Å². The molecule has 2 aliphatic rings. The predicted molar refractivity (Wildman–Crippen MR) is 139 cm³/mol. The third-order valence-electron chi connectivity index (χ3n) is 6.85. The van der Waals surface area contributed by atoms with E-state index in [0.29, 0.717) is 56.5 Å². The van der Waals surface area contributed by atoms with E-state index in [2.05, 4.69) is 15.5 Å². The Morgan fingerprint density at radius 2 is 1.83 bits per heavy atom. The van der Waals surface area contributed by atoms with Crippen molar-refractivity contribution in [1.29, 1.82) is 0 Å². The van der Waals surface area contributed by atoms with Gasteiger partial charge in [0.1, 0.15) is 12.1 Å². The molecule has 0 bridgehead atoms. The maximum atomic E-state index is 13.7. The fraction of sp³-hybridized carbons (Fsp3) is 0.423. The van der Waals surface area contributed by atoms with E-state index in [1.807, 2.05) is 49.4 Å². The van der Waals surface area contributed by atoms with E-state index in [9.17, 15) is 14.4 Å². The Bertz CT molecular complexity index is 1100. The molecule has 2 saturated heterocycles. The molecule has 0 aliphatic carbocycles. The molecule has 0 aromatic heterocycles. The zero-order valence-electron chi connectivity index (χ0n) is 20.6. The summed E-state index contributed by atoms with van der Waals surface area (Å²) >= 11 is 6.19. The number of halogens is 1. The molecule has 4 rings (SSSR count). The van der Waals surface area contributed by atoms with Crippen LogP contribution in [-0.2, 0) is 14.3 Å². The normalized spacial score (nSPS) is 17.0. The summed E-state index contributed by atoms with van der Waals surface area (Å²) in [5, 5.41) is 6.27.